The van der Waals surface area contributed by atoms with Crippen molar-refractivity contribution < 1.29 is 19.4 Å². The highest BCUT2D eigenvalue weighted by molar-refractivity contribution is 8.76. The van der Waals surface area contributed by atoms with Crippen molar-refractivity contribution in [1.29, 1.82) is 0 Å². The maximum Gasteiger partial charge on any atom is 0.323 e. The van der Waals surface area contributed by atoms with Gasteiger partial charge in [0.05, 0.1) is 6.61 Å². The molecule has 0 aliphatic rings. The van der Waals surface area contributed by atoms with Crippen LogP contribution in [0.5, 0.6) is 0 Å². The lowest BCUT2D eigenvalue weighted by molar-refractivity contribution is -0.144. The van der Waals surface area contributed by atoms with Gasteiger partial charge in [0.25, 0.3) is 0 Å². The van der Waals surface area contributed by atoms with E-state index < -0.39 is 12.0 Å². The molecule has 7 heteroatoms. The minimum atomic E-state index is -0.691. The van der Waals surface area contributed by atoms with E-state index in [0.717, 1.165) is 25.0 Å². The predicted octanol–water partition coefficient (Wildman–Crippen LogP) is 3.85. The fourth-order valence-electron chi connectivity index (χ4n) is 2.00. The van der Waals surface area contributed by atoms with E-state index in [1.165, 1.54) is 32.1 Å². The van der Waals surface area contributed by atoms with Gasteiger partial charge in [-0.1, -0.05) is 60.1 Å². The largest absolute Gasteiger partial charge is 0.481 e. The lowest BCUT2D eigenvalue weighted by Crippen LogP contribution is -2.34. The SMILES string of the molecule is CCOC(=O)[C@@H](N)CSSCCCCCCCCCCC(=O)O. The molecule has 0 rings (SSSR count). The van der Waals surface area contributed by atoms with Crippen molar-refractivity contribution in [3.63, 3.8) is 0 Å². The smallest absolute Gasteiger partial charge is 0.323 e. The van der Waals surface area contributed by atoms with E-state index in [4.69, 9.17) is 15.6 Å². The van der Waals surface area contributed by atoms with Gasteiger partial charge in [0, 0.05) is 17.9 Å². The minimum absolute atomic E-state index is 0.300. The number of carbonyl (C=O) groups is 2. The van der Waals surface area contributed by atoms with Gasteiger partial charge in [-0.15, -0.1) is 0 Å². The summed E-state index contributed by atoms with van der Waals surface area (Å²) in [4.78, 5) is 21.7. The topological polar surface area (TPSA) is 89.6 Å². The summed E-state index contributed by atoms with van der Waals surface area (Å²) in [6, 6.07) is -0.520. The Morgan fingerprint density at radius 2 is 1.57 bits per heavy atom. The second-order valence-corrected chi connectivity index (χ2v) is 8.06. The zero-order valence-electron chi connectivity index (χ0n) is 14.1. The highest BCUT2D eigenvalue weighted by atomic mass is 33.1. The number of ether oxygens (including phenoxy) is 1. The number of esters is 1. The first-order valence-corrected chi connectivity index (χ1v) is 10.9. The van der Waals surface area contributed by atoms with Crippen LogP contribution in [-0.4, -0.2) is 41.2 Å². The van der Waals surface area contributed by atoms with Crippen LogP contribution in [0.1, 0.15) is 64.7 Å². The Balaban J connectivity index is 3.19. The number of nitrogens with two attached hydrogens (primary N) is 1. The van der Waals surface area contributed by atoms with Crippen molar-refractivity contribution in [3.8, 4) is 0 Å². The second kappa shape index (κ2) is 16.5. The summed E-state index contributed by atoms with van der Waals surface area (Å²) >= 11 is 0. The highest BCUT2D eigenvalue weighted by Gasteiger charge is 2.14. The first-order valence-electron chi connectivity index (χ1n) is 8.46. The molecule has 1 atom stereocenters. The quantitative estimate of drug-likeness (QED) is 0.244. The number of carboxylic acids is 1. The lowest BCUT2D eigenvalue weighted by atomic mass is 10.1. The van der Waals surface area contributed by atoms with Crippen LogP contribution >= 0.6 is 21.6 Å². The molecule has 136 valence electrons. The van der Waals surface area contributed by atoms with E-state index in [1.54, 1.807) is 28.5 Å². The number of rotatable bonds is 16. The number of hydrogen-bond donors (Lipinski definition) is 2. The van der Waals surface area contributed by atoms with Crippen molar-refractivity contribution >= 4 is 33.5 Å². The molecular formula is C16H31NO4S2. The third-order valence-electron chi connectivity index (χ3n) is 3.29. The van der Waals surface area contributed by atoms with Crippen molar-refractivity contribution in [3.05, 3.63) is 0 Å². The summed E-state index contributed by atoms with van der Waals surface area (Å²) in [7, 11) is 3.41. The van der Waals surface area contributed by atoms with Crippen molar-refractivity contribution in [2.75, 3.05) is 18.1 Å². The molecule has 0 aliphatic carbocycles. The van der Waals surface area contributed by atoms with Gasteiger partial charge < -0.3 is 15.6 Å². The van der Waals surface area contributed by atoms with Crippen LogP contribution < -0.4 is 5.73 Å². The van der Waals surface area contributed by atoms with Crippen molar-refractivity contribution in [1.82, 2.24) is 0 Å². The van der Waals surface area contributed by atoms with Gasteiger partial charge in [-0.05, 0) is 19.8 Å². The molecule has 0 saturated heterocycles. The van der Waals surface area contributed by atoms with Gasteiger partial charge in [0.15, 0.2) is 0 Å². The molecule has 0 unspecified atom stereocenters. The van der Waals surface area contributed by atoms with E-state index in [1.807, 2.05) is 0 Å². The molecule has 0 amide bonds. The Morgan fingerprint density at radius 3 is 2.13 bits per heavy atom. The minimum Gasteiger partial charge on any atom is -0.481 e. The maximum absolute atomic E-state index is 11.3. The summed E-state index contributed by atoms with van der Waals surface area (Å²) in [5.74, 6) is 0.672. The highest BCUT2D eigenvalue weighted by Crippen LogP contribution is 2.23. The van der Waals surface area contributed by atoms with Gasteiger partial charge >= 0.3 is 11.9 Å². The van der Waals surface area contributed by atoms with Crippen LogP contribution in [0.25, 0.3) is 0 Å². The third-order valence-corrected chi connectivity index (χ3v) is 5.81. The molecule has 0 saturated carbocycles. The Labute approximate surface area is 147 Å². The van der Waals surface area contributed by atoms with E-state index in [9.17, 15) is 9.59 Å². The molecule has 0 aliphatic heterocycles. The molecule has 0 aromatic rings. The molecule has 0 fully saturated rings. The Kier molecular flexibility index (Phi) is 16.2. The summed E-state index contributed by atoms with van der Waals surface area (Å²) in [5.41, 5.74) is 5.71. The second-order valence-electron chi connectivity index (χ2n) is 5.44. The van der Waals surface area contributed by atoms with Crippen LogP contribution in [0.3, 0.4) is 0 Å². The van der Waals surface area contributed by atoms with E-state index in [2.05, 4.69) is 0 Å². The molecule has 0 radical (unpaired) electrons. The summed E-state index contributed by atoms with van der Waals surface area (Å²) in [6.07, 6.45) is 9.37. The standard InChI is InChI=1S/C16H31NO4S2/c1-2-21-16(20)14(17)13-23-22-12-10-8-6-4-3-5-7-9-11-15(18)19/h14H,2-13,17H2,1H3,(H,18,19)/t14-/m0/s1. The number of hydrogen-bond acceptors (Lipinski definition) is 6. The van der Waals surface area contributed by atoms with Crippen LogP contribution in [0.4, 0.5) is 0 Å². The first-order chi connectivity index (χ1) is 11.1. The monoisotopic (exact) mass is 365 g/mol. The molecule has 23 heavy (non-hydrogen) atoms. The Morgan fingerprint density at radius 1 is 1.00 bits per heavy atom. The van der Waals surface area contributed by atoms with Gasteiger partial charge in [-0.2, -0.15) is 0 Å². The van der Waals surface area contributed by atoms with E-state index >= 15 is 0 Å². The summed E-state index contributed by atoms with van der Waals surface area (Å²) in [5, 5.41) is 8.52. The Hall–Kier alpha value is -0.400. The normalized spacial score (nSPS) is 12.1. The summed E-state index contributed by atoms with van der Waals surface area (Å²) in [6.45, 7) is 2.16. The number of aliphatic carboxylic acids is 1. The van der Waals surface area contributed by atoms with E-state index in [0.29, 0.717) is 18.8 Å². The predicted molar refractivity (Wildman–Crippen MR) is 98.7 cm³/mol. The van der Waals surface area contributed by atoms with Gasteiger partial charge in [0.2, 0.25) is 0 Å². The zero-order chi connectivity index (χ0) is 17.3. The van der Waals surface area contributed by atoms with Gasteiger partial charge in [-0.25, -0.2) is 0 Å². The van der Waals surface area contributed by atoms with Gasteiger partial charge in [-0.3, -0.25) is 9.59 Å². The van der Waals surface area contributed by atoms with Gasteiger partial charge in [0.1, 0.15) is 6.04 Å². The maximum atomic E-state index is 11.3. The van der Waals surface area contributed by atoms with Crippen molar-refractivity contribution in [2.45, 2.75) is 70.8 Å². The summed E-state index contributed by atoms with van der Waals surface area (Å²) < 4.78 is 4.86. The van der Waals surface area contributed by atoms with Crippen molar-refractivity contribution in [2.24, 2.45) is 5.73 Å². The average molecular weight is 366 g/mol. The fourth-order valence-corrected chi connectivity index (χ4v) is 4.25. The zero-order valence-corrected chi connectivity index (χ0v) is 15.8. The van der Waals surface area contributed by atoms with Crippen LogP contribution in [-0.2, 0) is 14.3 Å². The molecule has 5 nitrogen and oxygen atoms in total. The van der Waals surface area contributed by atoms with Crippen LogP contribution in [0, 0.1) is 0 Å². The first kappa shape index (κ1) is 22.6. The molecule has 0 spiro atoms. The molecule has 3 N–H and O–H groups in total. The average Bonchev–Trinajstić information content (AvgIpc) is 2.51. The van der Waals surface area contributed by atoms with E-state index in [-0.39, 0.29) is 5.97 Å². The number of unbranched alkanes of at least 4 members (excludes halogenated alkanes) is 7. The molecule has 0 bridgehead atoms. The fraction of sp³-hybridized carbons (Fsp3) is 0.875. The van der Waals surface area contributed by atoms with Crippen LogP contribution in [0.2, 0.25) is 0 Å². The molecule has 0 aromatic heterocycles. The Bertz CT molecular complexity index is 316. The number of carbonyl (C=O) groups excluding carboxylic acids is 1. The molecule has 0 heterocycles. The lowest BCUT2D eigenvalue weighted by Gasteiger charge is -2.09. The van der Waals surface area contributed by atoms with Crippen LogP contribution in [0.15, 0.2) is 0 Å². The molecule has 0 aromatic carbocycles. The number of carboxylic acid groups (broad SMARTS) is 1. The third kappa shape index (κ3) is 16.2. The molecular weight excluding hydrogens is 334 g/mol.